The Morgan fingerprint density at radius 1 is 0.862 bits per heavy atom. The molecule has 2 aromatic carbocycles. The predicted octanol–water partition coefficient (Wildman–Crippen LogP) is 3.19. The van der Waals surface area contributed by atoms with Crippen LogP contribution in [0.15, 0.2) is 42.0 Å². The second kappa shape index (κ2) is 9.05. The van der Waals surface area contributed by atoms with Gasteiger partial charge in [-0.25, -0.2) is 0 Å². The van der Waals surface area contributed by atoms with Gasteiger partial charge in [0.05, 0.1) is 0 Å². The fraction of sp³-hybridized carbons (Fsp3) is 0.333. The first-order valence-electron chi connectivity index (χ1n) is 10.3. The van der Waals surface area contributed by atoms with Crippen LogP contribution in [0.5, 0.6) is 0 Å². The Bertz CT molecular complexity index is 968. The topological polar surface area (TPSA) is 98.2 Å². The van der Waals surface area contributed by atoms with Gasteiger partial charge in [0.15, 0.2) is 0 Å². The number of hydrogen-bond acceptors (Lipinski definition) is 3. The molecule has 152 valence electrons. The van der Waals surface area contributed by atoms with Crippen molar-refractivity contribution in [2.24, 2.45) is 11.5 Å². The molecule has 5 nitrogen and oxygen atoms in total. The van der Waals surface area contributed by atoms with Crippen molar-refractivity contribution in [3.63, 3.8) is 0 Å². The van der Waals surface area contributed by atoms with E-state index in [0.29, 0.717) is 11.1 Å². The Morgan fingerprint density at radius 2 is 1.45 bits per heavy atom. The molecule has 5 N–H and O–H groups in total. The van der Waals surface area contributed by atoms with Crippen molar-refractivity contribution in [3.8, 4) is 0 Å². The van der Waals surface area contributed by atoms with Gasteiger partial charge in [0.25, 0.3) is 0 Å². The molecule has 1 aliphatic rings. The highest BCUT2D eigenvalue weighted by atomic mass is 16.1. The van der Waals surface area contributed by atoms with E-state index >= 15 is 0 Å². The SMILES string of the molecule is CCc1c(C(N)=O)ccc(C(=C2CCNCC2)c2cccc(C(N)=O)c2)c1CC. The molecule has 0 bridgehead atoms. The Morgan fingerprint density at radius 3 is 2.03 bits per heavy atom. The van der Waals surface area contributed by atoms with E-state index < -0.39 is 11.8 Å². The third-order valence-electron chi connectivity index (χ3n) is 5.67. The van der Waals surface area contributed by atoms with Crippen LogP contribution in [0.4, 0.5) is 0 Å². The Hall–Kier alpha value is -2.92. The van der Waals surface area contributed by atoms with E-state index in [4.69, 9.17) is 11.5 Å². The normalized spacial score (nSPS) is 13.9. The van der Waals surface area contributed by atoms with Crippen LogP contribution in [0, 0.1) is 0 Å². The summed E-state index contributed by atoms with van der Waals surface area (Å²) in [5, 5.41) is 3.41. The van der Waals surface area contributed by atoms with Gasteiger partial charge in [-0.15, -0.1) is 0 Å². The third-order valence-corrected chi connectivity index (χ3v) is 5.67. The number of hydrogen-bond donors (Lipinski definition) is 3. The summed E-state index contributed by atoms with van der Waals surface area (Å²) in [6, 6.07) is 11.4. The molecule has 0 saturated carbocycles. The number of piperidine rings is 1. The van der Waals surface area contributed by atoms with Crippen LogP contribution in [0.25, 0.3) is 5.57 Å². The molecule has 3 rings (SSSR count). The summed E-state index contributed by atoms with van der Waals surface area (Å²) in [6.45, 7) is 6.01. The molecule has 0 aromatic heterocycles. The van der Waals surface area contributed by atoms with E-state index in [-0.39, 0.29) is 0 Å². The van der Waals surface area contributed by atoms with Gasteiger partial charge in [0, 0.05) is 11.1 Å². The van der Waals surface area contributed by atoms with Crippen molar-refractivity contribution in [3.05, 3.63) is 75.4 Å². The number of primary amides is 2. The van der Waals surface area contributed by atoms with Crippen LogP contribution < -0.4 is 16.8 Å². The van der Waals surface area contributed by atoms with Crippen LogP contribution in [0.3, 0.4) is 0 Å². The minimum Gasteiger partial charge on any atom is -0.366 e. The Labute approximate surface area is 172 Å². The highest BCUT2D eigenvalue weighted by Gasteiger charge is 2.21. The van der Waals surface area contributed by atoms with Gasteiger partial charge in [-0.2, -0.15) is 0 Å². The number of amides is 2. The fourth-order valence-corrected chi connectivity index (χ4v) is 4.32. The lowest BCUT2D eigenvalue weighted by Crippen LogP contribution is -2.24. The van der Waals surface area contributed by atoms with E-state index in [1.54, 1.807) is 6.07 Å². The molecule has 1 heterocycles. The molecule has 1 fully saturated rings. The van der Waals surface area contributed by atoms with Gasteiger partial charge in [0.1, 0.15) is 0 Å². The Balaban J connectivity index is 2.30. The van der Waals surface area contributed by atoms with Gasteiger partial charge in [-0.05, 0) is 84.8 Å². The highest BCUT2D eigenvalue weighted by molar-refractivity contribution is 5.97. The Kier molecular flexibility index (Phi) is 6.49. The van der Waals surface area contributed by atoms with Crippen molar-refractivity contribution in [1.29, 1.82) is 0 Å². The lowest BCUT2D eigenvalue weighted by molar-refractivity contribution is 0.0991. The monoisotopic (exact) mass is 391 g/mol. The lowest BCUT2D eigenvalue weighted by Gasteiger charge is -2.24. The standard InChI is InChI=1S/C24H29N3O2/c1-3-18-19(4-2)21(24(26)29)9-8-20(18)22(15-10-12-27-13-11-15)16-6-5-7-17(14-16)23(25)28/h5-9,14,27H,3-4,10-13H2,1-2H3,(H2,25,28)(H2,26,29). The average molecular weight is 392 g/mol. The summed E-state index contributed by atoms with van der Waals surface area (Å²) in [6.07, 6.45) is 3.42. The van der Waals surface area contributed by atoms with E-state index in [9.17, 15) is 9.59 Å². The molecule has 2 aromatic rings. The maximum absolute atomic E-state index is 12.0. The molecule has 29 heavy (non-hydrogen) atoms. The zero-order chi connectivity index (χ0) is 21.0. The smallest absolute Gasteiger partial charge is 0.248 e. The zero-order valence-electron chi connectivity index (χ0n) is 17.2. The second-order valence-corrected chi connectivity index (χ2v) is 7.36. The summed E-state index contributed by atoms with van der Waals surface area (Å²) in [7, 11) is 0. The van der Waals surface area contributed by atoms with Crippen molar-refractivity contribution < 1.29 is 9.59 Å². The van der Waals surface area contributed by atoms with Gasteiger partial charge >= 0.3 is 0 Å². The maximum atomic E-state index is 12.0. The first-order chi connectivity index (χ1) is 14.0. The predicted molar refractivity (Wildman–Crippen MR) is 117 cm³/mol. The first-order valence-corrected chi connectivity index (χ1v) is 10.3. The lowest BCUT2D eigenvalue weighted by atomic mass is 9.82. The van der Waals surface area contributed by atoms with Crippen molar-refractivity contribution in [1.82, 2.24) is 5.32 Å². The number of carbonyl (C=O) groups excluding carboxylic acids is 2. The van der Waals surface area contributed by atoms with Crippen LogP contribution in [0.1, 0.15) is 69.7 Å². The van der Waals surface area contributed by atoms with Gasteiger partial charge in [-0.3, -0.25) is 9.59 Å². The second-order valence-electron chi connectivity index (χ2n) is 7.36. The maximum Gasteiger partial charge on any atom is 0.248 e. The molecule has 5 heteroatoms. The van der Waals surface area contributed by atoms with Gasteiger partial charge < -0.3 is 16.8 Å². The minimum absolute atomic E-state index is 0.394. The quantitative estimate of drug-likeness (QED) is 0.705. The highest BCUT2D eigenvalue weighted by Crippen LogP contribution is 2.36. The molecule has 0 radical (unpaired) electrons. The molecule has 0 aliphatic carbocycles. The average Bonchev–Trinajstić information content (AvgIpc) is 2.74. The molecule has 2 amide bonds. The number of rotatable bonds is 6. The number of nitrogens with one attached hydrogen (secondary N) is 1. The van der Waals surface area contributed by atoms with Gasteiger partial charge in [-0.1, -0.05) is 37.6 Å². The molecule has 1 aliphatic heterocycles. The summed E-state index contributed by atoms with van der Waals surface area (Å²) in [5.41, 5.74) is 19.0. The summed E-state index contributed by atoms with van der Waals surface area (Å²) < 4.78 is 0. The zero-order valence-corrected chi connectivity index (χ0v) is 17.2. The molecule has 1 saturated heterocycles. The summed E-state index contributed by atoms with van der Waals surface area (Å²) in [4.78, 5) is 23.7. The molecule has 0 unspecified atom stereocenters. The van der Waals surface area contributed by atoms with E-state index in [0.717, 1.165) is 66.6 Å². The number of nitrogens with two attached hydrogens (primary N) is 2. The van der Waals surface area contributed by atoms with Crippen molar-refractivity contribution in [2.75, 3.05) is 13.1 Å². The van der Waals surface area contributed by atoms with Crippen LogP contribution >= 0.6 is 0 Å². The molecule has 0 spiro atoms. The van der Waals surface area contributed by atoms with E-state index in [1.165, 1.54) is 5.57 Å². The van der Waals surface area contributed by atoms with Crippen molar-refractivity contribution in [2.45, 2.75) is 39.5 Å². The van der Waals surface area contributed by atoms with Crippen LogP contribution in [-0.4, -0.2) is 24.9 Å². The number of carbonyl (C=O) groups is 2. The molecular weight excluding hydrogens is 362 g/mol. The molecule has 0 atom stereocenters. The first kappa shape index (κ1) is 20.8. The van der Waals surface area contributed by atoms with Gasteiger partial charge in [0.2, 0.25) is 11.8 Å². The van der Waals surface area contributed by atoms with E-state index in [1.807, 2.05) is 30.3 Å². The van der Waals surface area contributed by atoms with Crippen LogP contribution in [-0.2, 0) is 12.8 Å². The number of benzene rings is 2. The van der Waals surface area contributed by atoms with Crippen molar-refractivity contribution >= 4 is 17.4 Å². The summed E-state index contributed by atoms with van der Waals surface area (Å²) in [5.74, 6) is -0.828. The fourth-order valence-electron chi connectivity index (χ4n) is 4.32. The summed E-state index contributed by atoms with van der Waals surface area (Å²) >= 11 is 0. The van der Waals surface area contributed by atoms with Crippen LogP contribution in [0.2, 0.25) is 0 Å². The minimum atomic E-state index is -0.435. The largest absolute Gasteiger partial charge is 0.366 e. The van der Waals surface area contributed by atoms with E-state index in [2.05, 4.69) is 19.2 Å². The third kappa shape index (κ3) is 4.25. The molecular formula is C24H29N3O2.